The van der Waals surface area contributed by atoms with Crippen LogP contribution in [0.1, 0.15) is 14.0 Å². The second-order valence-electron chi connectivity index (χ2n) is 5.26. The van der Waals surface area contributed by atoms with Crippen LogP contribution in [0, 0.1) is 11.2 Å². The smallest absolute Gasteiger partial charge is 0.272 e. The molecule has 7 heteroatoms. The molecule has 2 aromatic rings. The van der Waals surface area contributed by atoms with Gasteiger partial charge in [0, 0.05) is 51.7 Å². The summed E-state index contributed by atoms with van der Waals surface area (Å²) in [6, 6.07) is 5.96. The number of benzene rings is 1. The number of nitrogens with zero attached hydrogens (tertiary/aromatic N) is 2. The number of carbonyl (C=O) groups is 1. The van der Waals surface area contributed by atoms with Gasteiger partial charge in [-0.25, -0.2) is 4.39 Å². The number of carbonyl (C=O) groups excluding carboxylic acids is 1. The molecule has 1 aliphatic rings. The molecule has 0 saturated heterocycles. The topological polar surface area (TPSA) is 95.1 Å². The number of hydrogen-bond donors (Lipinski definition) is 3. The van der Waals surface area contributed by atoms with Crippen LogP contribution in [-0.2, 0) is 11.3 Å². The number of aromatic nitrogens is 1. The first-order valence-corrected chi connectivity index (χ1v) is 7.17. The summed E-state index contributed by atoms with van der Waals surface area (Å²) in [5.74, 6) is -1.12. The molecule has 23 heavy (non-hydrogen) atoms. The Morgan fingerprint density at radius 1 is 1.43 bits per heavy atom. The van der Waals surface area contributed by atoms with E-state index in [9.17, 15) is 9.18 Å². The van der Waals surface area contributed by atoms with Crippen molar-refractivity contribution in [2.75, 3.05) is 24.1 Å². The average molecular weight is 317 g/mol. The zero-order chi connectivity index (χ0) is 16.4. The lowest BCUT2D eigenvalue weighted by Crippen LogP contribution is -2.38. The monoisotopic (exact) mass is 317 g/mol. The first-order valence-electron chi connectivity index (χ1n) is 7.17. The number of rotatable bonds is 2. The summed E-state index contributed by atoms with van der Waals surface area (Å²) < 4.78 is 13.5. The molecule has 1 aromatic heterocycles. The molecule has 0 saturated carbocycles. The quantitative estimate of drug-likeness (QED) is 0.584. The van der Waals surface area contributed by atoms with E-state index in [0.717, 1.165) is 11.3 Å². The highest BCUT2D eigenvalue weighted by Crippen LogP contribution is 2.21. The van der Waals surface area contributed by atoms with Crippen molar-refractivity contribution >= 4 is 23.0 Å². The number of pyridine rings is 1. The molecule has 0 fully saturated rings. The van der Waals surface area contributed by atoms with Crippen LogP contribution in [-0.4, -0.2) is 34.6 Å². The number of amides is 1. The van der Waals surface area contributed by atoms with Crippen LogP contribution in [0.2, 0.25) is 0 Å². The number of fused-ring (bicyclic) bond motifs is 1. The Kier molecular flexibility index (Phi) is 3.92. The second-order valence-corrected chi connectivity index (χ2v) is 5.26. The fourth-order valence-corrected chi connectivity index (χ4v) is 2.54. The highest BCUT2D eigenvalue weighted by atomic mass is 19.1. The van der Waals surface area contributed by atoms with E-state index >= 15 is 0 Å². The Morgan fingerprint density at radius 2 is 2.26 bits per heavy atom. The van der Waals surface area contributed by atoms with Gasteiger partial charge in [-0.05, 0) is 12.1 Å². The molecule has 6 nitrogen and oxygen atoms in total. The first-order chi connectivity index (χ1) is 11.1. The summed E-state index contributed by atoms with van der Waals surface area (Å²) in [5, 5.41) is 11.3. The van der Waals surface area contributed by atoms with Crippen molar-refractivity contribution < 1.29 is 12.0 Å². The summed E-state index contributed by atoms with van der Waals surface area (Å²) in [5.41, 5.74) is 7.07. The molecular formula is C16H20FN5O. The minimum atomic E-state index is -0.632. The SMILES string of the molecule is N=C(C(=O)N1CCNc2ccncc2C1)c1cccc(F)c1N.[HH].[HH]. The third-order valence-electron chi connectivity index (χ3n) is 3.79. The van der Waals surface area contributed by atoms with Gasteiger partial charge in [0.05, 0.1) is 5.69 Å². The van der Waals surface area contributed by atoms with Gasteiger partial charge in [-0.2, -0.15) is 0 Å². The van der Waals surface area contributed by atoms with Gasteiger partial charge in [0.25, 0.3) is 5.91 Å². The molecule has 0 aliphatic carbocycles. The van der Waals surface area contributed by atoms with Crippen molar-refractivity contribution in [3.05, 3.63) is 53.6 Å². The van der Waals surface area contributed by atoms with Crippen molar-refractivity contribution in [1.29, 1.82) is 5.41 Å². The molecule has 0 radical (unpaired) electrons. The number of para-hydroxylation sites is 1. The summed E-state index contributed by atoms with van der Waals surface area (Å²) >= 11 is 0. The third-order valence-corrected chi connectivity index (χ3v) is 3.79. The number of halogens is 1. The zero-order valence-electron chi connectivity index (χ0n) is 12.3. The largest absolute Gasteiger partial charge is 0.396 e. The van der Waals surface area contributed by atoms with Crippen LogP contribution in [0.5, 0.6) is 0 Å². The van der Waals surface area contributed by atoms with E-state index in [1.165, 1.54) is 23.1 Å². The Hall–Kier alpha value is -2.96. The van der Waals surface area contributed by atoms with Crippen LogP contribution in [0.4, 0.5) is 15.8 Å². The van der Waals surface area contributed by atoms with E-state index in [1.54, 1.807) is 12.4 Å². The fourth-order valence-electron chi connectivity index (χ4n) is 2.54. The Balaban J connectivity index is 0.00000156. The van der Waals surface area contributed by atoms with E-state index in [4.69, 9.17) is 11.1 Å². The molecule has 2 heterocycles. The maximum atomic E-state index is 13.5. The third kappa shape index (κ3) is 2.85. The Morgan fingerprint density at radius 3 is 3.09 bits per heavy atom. The van der Waals surface area contributed by atoms with E-state index in [-0.39, 0.29) is 19.8 Å². The Bertz CT molecular complexity index is 787. The van der Waals surface area contributed by atoms with Crippen LogP contribution >= 0.6 is 0 Å². The molecule has 122 valence electrons. The lowest BCUT2D eigenvalue weighted by Gasteiger charge is -2.21. The standard InChI is InChI=1S/C16H16FN5O.2H2/c17-12-3-1-2-11(14(12)18)15(19)16(23)22-7-6-21-13-4-5-20-8-10(13)9-22;;/h1-5,8,19,21H,6-7,9,18H2;2*1H. The molecular weight excluding hydrogens is 297 g/mol. The van der Waals surface area contributed by atoms with Gasteiger partial charge in [-0.15, -0.1) is 0 Å². The van der Waals surface area contributed by atoms with Crippen LogP contribution in [0.15, 0.2) is 36.7 Å². The van der Waals surface area contributed by atoms with Crippen molar-refractivity contribution in [2.45, 2.75) is 6.54 Å². The van der Waals surface area contributed by atoms with Crippen molar-refractivity contribution in [3.63, 3.8) is 0 Å². The highest BCUT2D eigenvalue weighted by Gasteiger charge is 2.24. The number of nitrogens with two attached hydrogens (primary N) is 1. The molecule has 0 spiro atoms. The van der Waals surface area contributed by atoms with Crippen molar-refractivity contribution in [2.24, 2.45) is 0 Å². The van der Waals surface area contributed by atoms with Gasteiger partial charge in [0.1, 0.15) is 11.5 Å². The summed E-state index contributed by atoms with van der Waals surface area (Å²) in [7, 11) is 0. The Labute approximate surface area is 135 Å². The van der Waals surface area contributed by atoms with E-state index in [2.05, 4.69) is 10.3 Å². The summed E-state index contributed by atoms with van der Waals surface area (Å²) in [6.07, 6.45) is 3.37. The summed E-state index contributed by atoms with van der Waals surface area (Å²) in [6.45, 7) is 1.34. The van der Waals surface area contributed by atoms with E-state index < -0.39 is 11.7 Å². The number of anilines is 2. The number of nitrogen functional groups attached to an aromatic ring is 1. The molecule has 0 atom stereocenters. The van der Waals surface area contributed by atoms with Crippen LogP contribution < -0.4 is 11.1 Å². The first kappa shape index (κ1) is 15.0. The van der Waals surface area contributed by atoms with Gasteiger partial charge in [-0.3, -0.25) is 15.2 Å². The average Bonchev–Trinajstić information content (AvgIpc) is 2.78. The maximum Gasteiger partial charge on any atom is 0.272 e. The molecule has 3 rings (SSSR count). The number of hydrogen-bond acceptors (Lipinski definition) is 5. The van der Waals surface area contributed by atoms with Crippen molar-refractivity contribution in [1.82, 2.24) is 9.88 Å². The lowest BCUT2D eigenvalue weighted by atomic mass is 10.1. The molecule has 1 aliphatic heterocycles. The highest BCUT2D eigenvalue weighted by molar-refractivity contribution is 6.45. The molecule has 1 amide bonds. The van der Waals surface area contributed by atoms with Crippen LogP contribution in [0.25, 0.3) is 0 Å². The summed E-state index contributed by atoms with van der Waals surface area (Å²) in [4.78, 5) is 18.2. The predicted molar refractivity (Wildman–Crippen MR) is 90.0 cm³/mol. The lowest BCUT2D eigenvalue weighted by molar-refractivity contribution is -0.124. The minimum Gasteiger partial charge on any atom is -0.396 e. The predicted octanol–water partition coefficient (Wildman–Crippen LogP) is 2.12. The molecule has 4 N–H and O–H groups in total. The van der Waals surface area contributed by atoms with Crippen molar-refractivity contribution in [3.8, 4) is 0 Å². The second kappa shape index (κ2) is 6.04. The molecule has 0 bridgehead atoms. The normalized spacial score (nSPS) is 13.7. The van der Waals surface area contributed by atoms with Gasteiger partial charge in [0.15, 0.2) is 0 Å². The van der Waals surface area contributed by atoms with Gasteiger partial charge >= 0.3 is 0 Å². The maximum absolute atomic E-state index is 13.5. The van der Waals surface area contributed by atoms with Gasteiger partial charge in [0.2, 0.25) is 0 Å². The zero-order valence-corrected chi connectivity index (χ0v) is 12.3. The number of nitrogens with one attached hydrogen (secondary N) is 2. The minimum absolute atomic E-state index is 0. The van der Waals surface area contributed by atoms with E-state index in [1.807, 2.05) is 6.07 Å². The van der Waals surface area contributed by atoms with Gasteiger partial charge < -0.3 is 16.0 Å². The van der Waals surface area contributed by atoms with Crippen LogP contribution in [0.3, 0.4) is 0 Å². The van der Waals surface area contributed by atoms with E-state index in [0.29, 0.717) is 19.6 Å². The molecule has 0 unspecified atom stereocenters. The molecule has 1 aromatic carbocycles. The fraction of sp³-hybridized carbons (Fsp3) is 0.188. The van der Waals surface area contributed by atoms with Gasteiger partial charge in [-0.1, -0.05) is 12.1 Å².